The molecule has 1 saturated heterocycles. The van der Waals surface area contributed by atoms with E-state index in [1.165, 1.54) is 4.57 Å². The molecule has 34 heavy (non-hydrogen) atoms. The molecular weight excluding hydrogens is 438 g/mol. The van der Waals surface area contributed by atoms with E-state index in [1.807, 2.05) is 43.3 Å². The molecule has 2 N–H and O–H groups in total. The van der Waals surface area contributed by atoms with Crippen molar-refractivity contribution in [3.8, 4) is 0 Å². The minimum Gasteiger partial charge on any atom is -0.408 e. The normalized spacial score (nSPS) is 19.3. The number of urea groups is 1. The number of rotatable bonds is 6. The first-order valence-electron chi connectivity index (χ1n) is 11.1. The third-order valence-electron chi connectivity index (χ3n) is 6.45. The van der Waals surface area contributed by atoms with Gasteiger partial charge in [-0.25, -0.2) is 9.59 Å². The summed E-state index contributed by atoms with van der Waals surface area (Å²) >= 11 is 0. The number of anilines is 1. The summed E-state index contributed by atoms with van der Waals surface area (Å²) in [5.74, 6) is -1.40. The molecule has 1 aromatic heterocycles. The first-order chi connectivity index (χ1) is 16.3. The van der Waals surface area contributed by atoms with E-state index in [0.717, 1.165) is 16.0 Å². The zero-order valence-corrected chi connectivity index (χ0v) is 19.0. The van der Waals surface area contributed by atoms with Gasteiger partial charge in [-0.05, 0) is 56.3 Å². The number of aromatic nitrogens is 1. The van der Waals surface area contributed by atoms with Crippen LogP contribution in [0.3, 0.4) is 0 Å². The number of aryl methyl sites for hydroxylation is 1. The first-order valence-corrected chi connectivity index (χ1v) is 11.1. The SMILES string of the molecule is CN(C)CCn1c(=O)oc2ccc(NC(=O)CN3C(=O)NC4(CCc5ccccc54)C3=O)cc21. The van der Waals surface area contributed by atoms with Crippen molar-refractivity contribution in [3.63, 3.8) is 0 Å². The number of nitrogens with one attached hydrogen (secondary N) is 2. The van der Waals surface area contributed by atoms with Crippen LogP contribution in [-0.2, 0) is 28.1 Å². The van der Waals surface area contributed by atoms with Crippen LogP contribution in [0.15, 0.2) is 51.7 Å². The predicted octanol–water partition coefficient (Wildman–Crippen LogP) is 1.49. The topological polar surface area (TPSA) is 117 Å². The first kappa shape index (κ1) is 21.9. The quantitative estimate of drug-likeness (QED) is 0.535. The summed E-state index contributed by atoms with van der Waals surface area (Å²) in [7, 11) is 3.81. The van der Waals surface area contributed by atoms with E-state index >= 15 is 0 Å². The number of hydrogen-bond acceptors (Lipinski definition) is 6. The molecule has 1 spiro atoms. The van der Waals surface area contributed by atoms with Gasteiger partial charge in [-0.1, -0.05) is 24.3 Å². The number of carbonyl (C=O) groups excluding carboxylic acids is 3. The van der Waals surface area contributed by atoms with Crippen LogP contribution >= 0.6 is 0 Å². The van der Waals surface area contributed by atoms with Gasteiger partial charge in [0.1, 0.15) is 12.1 Å². The number of imide groups is 1. The molecule has 2 aromatic carbocycles. The highest BCUT2D eigenvalue weighted by molar-refractivity contribution is 6.11. The van der Waals surface area contributed by atoms with E-state index in [0.29, 0.717) is 42.7 Å². The molecular formula is C24H25N5O5. The fourth-order valence-corrected chi connectivity index (χ4v) is 4.73. The molecule has 176 valence electrons. The molecule has 4 amide bonds. The Morgan fingerprint density at radius 2 is 1.97 bits per heavy atom. The molecule has 2 heterocycles. The van der Waals surface area contributed by atoms with Gasteiger partial charge >= 0.3 is 11.8 Å². The maximum absolute atomic E-state index is 13.2. The van der Waals surface area contributed by atoms with Crippen LogP contribution < -0.4 is 16.4 Å². The molecule has 1 aliphatic carbocycles. The smallest absolute Gasteiger partial charge is 0.408 e. The van der Waals surface area contributed by atoms with Crippen molar-refractivity contribution in [1.29, 1.82) is 0 Å². The minimum absolute atomic E-state index is 0.411. The van der Waals surface area contributed by atoms with Crippen LogP contribution in [0.4, 0.5) is 10.5 Å². The maximum Gasteiger partial charge on any atom is 0.419 e. The molecule has 5 rings (SSSR count). The molecule has 3 aromatic rings. The zero-order chi connectivity index (χ0) is 24.0. The second-order valence-electron chi connectivity index (χ2n) is 8.94. The lowest BCUT2D eigenvalue weighted by atomic mass is 9.92. The van der Waals surface area contributed by atoms with Gasteiger partial charge < -0.3 is 20.0 Å². The molecule has 10 nitrogen and oxygen atoms in total. The Morgan fingerprint density at radius 1 is 1.18 bits per heavy atom. The Balaban J connectivity index is 1.33. The Morgan fingerprint density at radius 3 is 2.76 bits per heavy atom. The van der Waals surface area contributed by atoms with Gasteiger partial charge in [0.05, 0.1) is 5.52 Å². The molecule has 1 fully saturated rings. The Kier molecular flexibility index (Phi) is 5.24. The fraction of sp³-hybridized carbons (Fsp3) is 0.333. The fourth-order valence-electron chi connectivity index (χ4n) is 4.73. The Hall–Kier alpha value is -3.92. The molecule has 0 radical (unpaired) electrons. The van der Waals surface area contributed by atoms with Gasteiger partial charge in [0.15, 0.2) is 5.58 Å². The Labute approximate surface area is 195 Å². The summed E-state index contributed by atoms with van der Waals surface area (Å²) in [5, 5.41) is 5.54. The standard InChI is InChI=1S/C24H25N5O5/c1-27(2)11-12-28-18-13-16(7-8-19(18)34-23(28)33)25-20(30)14-29-21(31)24(26-22(29)32)10-9-15-5-3-4-6-17(15)24/h3-8,13H,9-12,14H2,1-2H3,(H,25,30)(H,26,32). The van der Waals surface area contributed by atoms with E-state index in [-0.39, 0.29) is 0 Å². The summed E-state index contributed by atoms with van der Waals surface area (Å²) in [6.07, 6.45) is 1.15. The van der Waals surface area contributed by atoms with Crippen molar-refractivity contribution in [2.45, 2.75) is 24.9 Å². The average molecular weight is 463 g/mol. The van der Waals surface area contributed by atoms with Crippen molar-refractivity contribution in [3.05, 3.63) is 64.1 Å². The van der Waals surface area contributed by atoms with E-state index in [1.54, 1.807) is 18.2 Å². The highest BCUT2D eigenvalue weighted by Gasteiger charge is 2.55. The van der Waals surface area contributed by atoms with Gasteiger partial charge in [0.25, 0.3) is 5.91 Å². The second kappa shape index (κ2) is 8.14. The van der Waals surface area contributed by atoms with Crippen LogP contribution in [0.5, 0.6) is 0 Å². The van der Waals surface area contributed by atoms with Crippen molar-refractivity contribution >= 4 is 34.6 Å². The van der Waals surface area contributed by atoms with Crippen LogP contribution in [0, 0.1) is 0 Å². The van der Waals surface area contributed by atoms with Gasteiger partial charge in [0.2, 0.25) is 5.91 Å². The van der Waals surface area contributed by atoms with Crippen molar-refractivity contribution in [2.75, 3.05) is 32.5 Å². The van der Waals surface area contributed by atoms with Gasteiger partial charge in [-0.15, -0.1) is 0 Å². The molecule has 2 aliphatic rings. The highest BCUT2D eigenvalue weighted by Crippen LogP contribution is 2.41. The van der Waals surface area contributed by atoms with Crippen LogP contribution in [0.2, 0.25) is 0 Å². The molecule has 1 atom stereocenters. The summed E-state index contributed by atoms with van der Waals surface area (Å²) < 4.78 is 6.78. The third kappa shape index (κ3) is 3.56. The van der Waals surface area contributed by atoms with Crippen LogP contribution in [0.1, 0.15) is 17.5 Å². The minimum atomic E-state index is -1.10. The number of carbonyl (C=O) groups is 3. The van der Waals surface area contributed by atoms with E-state index in [9.17, 15) is 19.2 Å². The second-order valence-corrected chi connectivity index (χ2v) is 8.94. The molecule has 1 aliphatic heterocycles. The lowest BCUT2D eigenvalue weighted by Crippen LogP contribution is -2.43. The number of amides is 4. The number of nitrogens with zero attached hydrogens (tertiary/aromatic N) is 3. The number of benzene rings is 2. The lowest BCUT2D eigenvalue weighted by molar-refractivity contribution is -0.134. The van der Waals surface area contributed by atoms with Gasteiger partial charge in [-0.3, -0.25) is 19.1 Å². The third-order valence-corrected chi connectivity index (χ3v) is 6.45. The van der Waals surface area contributed by atoms with Gasteiger partial charge in [-0.2, -0.15) is 0 Å². The number of hydrogen-bond donors (Lipinski definition) is 2. The number of likely N-dealkylation sites (N-methyl/N-ethyl adjacent to an activating group) is 1. The summed E-state index contributed by atoms with van der Waals surface area (Å²) in [4.78, 5) is 53.8. The average Bonchev–Trinajstić information content (AvgIpc) is 3.40. The molecule has 10 heteroatoms. The van der Waals surface area contributed by atoms with Crippen molar-refractivity contribution < 1.29 is 18.8 Å². The largest absolute Gasteiger partial charge is 0.419 e. The lowest BCUT2D eigenvalue weighted by Gasteiger charge is -2.22. The monoisotopic (exact) mass is 463 g/mol. The summed E-state index contributed by atoms with van der Waals surface area (Å²) in [6, 6.07) is 11.8. The van der Waals surface area contributed by atoms with Crippen LogP contribution in [-0.4, -0.2) is 59.4 Å². The number of oxazole rings is 1. The summed E-state index contributed by atoms with van der Waals surface area (Å²) in [5.41, 5.74) is 2.11. The highest BCUT2D eigenvalue weighted by atomic mass is 16.4. The maximum atomic E-state index is 13.2. The molecule has 0 saturated carbocycles. The number of fused-ring (bicyclic) bond motifs is 3. The Bertz CT molecular complexity index is 1370. The van der Waals surface area contributed by atoms with Crippen molar-refractivity contribution in [2.24, 2.45) is 0 Å². The van der Waals surface area contributed by atoms with Crippen LogP contribution in [0.25, 0.3) is 11.1 Å². The molecule has 1 unspecified atom stereocenters. The zero-order valence-electron chi connectivity index (χ0n) is 19.0. The van der Waals surface area contributed by atoms with E-state index < -0.39 is 35.7 Å². The van der Waals surface area contributed by atoms with Gasteiger partial charge in [0, 0.05) is 18.8 Å². The van der Waals surface area contributed by atoms with E-state index in [2.05, 4.69) is 10.6 Å². The summed E-state index contributed by atoms with van der Waals surface area (Å²) in [6.45, 7) is 0.663. The van der Waals surface area contributed by atoms with E-state index in [4.69, 9.17) is 4.42 Å². The van der Waals surface area contributed by atoms with Crippen molar-refractivity contribution in [1.82, 2.24) is 19.7 Å². The predicted molar refractivity (Wildman–Crippen MR) is 124 cm³/mol. The molecule has 0 bridgehead atoms.